The van der Waals surface area contributed by atoms with E-state index in [9.17, 15) is 4.79 Å². The van der Waals surface area contributed by atoms with Gasteiger partial charge in [-0.1, -0.05) is 18.2 Å². The van der Waals surface area contributed by atoms with Gasteiger partial charge in [0.1, 0.15) is 10.7 Å². The third-order valence-corrected chi connectivity index (χ3v) is 6.41. The Bertz CT molecular complexity index is 1480. The van der Waals surface area contributed by atoms with Gasteiger partial charge < -0.3 is 14.8 Å². The van der Waals surface area contributed by atoms with Gasteiger partial charge in [-0.25, -0.2) is 9.67 Å². The van der Waals surface area contributed by atoms with Gasteiger partial charge in [-0.05, 0) is 42.5 Å². The molecule has 5 rings (SSSR count). The van der Waals surface area contributed by atoms with E-state index in [1.54, 1.807) is 43.6 Å². The molecule has 0 fully saturated rings. The molecule has 2 aromatic carbocycles. The summed E-state index contributed by atoms with van der Waals surface area (Å²) in [5, 5.41) is 10.5. The van der Waals surface area contributed by atoms with Gasteiger partial charge in [-0.3, -0.25) is 9.78 Å². The molecule has 9 heteroatoms. The minimum Gasteiger partial charge on any atom is -0.493 e. The topological polar surface area (TPSA) is 91.2 Å². The van der Waals surface area contributed by atoms with E-state index in [1.807, 2.05) is 60.0 Å². The number of carbonyl (C=O) groups is 1. The van der Waals surface area contributed by atoms with E-state index in [0.29, 0.717) is 29.3 Å². The molecule has 0 atom stereocenters. The highest BCUT2D eigenvalue weighted by Crippen LogP contribution is 2.33. The maximum absolute atomic E-state index is 13.4. The number of amides is 1. The minimum atomic E-state index is -0.248. The summed E-state index contributed by atoms with van der Waals surface area (Å²) in [7, 11) is 3.16. The Hall–Kier alpha value is -4.50. The Morgan fingerprint density at radius 1 is 0.972 bits per heavy atom. The van der Waals surface area contributed by atoms with Crippen molar-refractivity contribution in [3.05, 3.63) is 95.2 Å². The second-order valence-corrected chi connectivity index (χ2v) is 8.73. The van der Waals surface area contributed by atoms with Crippen LogP contribution in [-0.2, 0) is 6.54 Å². The van der Waals surface area contributed by atoms with Crippen LogP contribution >= 0.6 is 11.3 Å². The zero-order chi connectivity index (χ0) is 24.9. The second kappa shape index (κ2) is 10.4. The van der Waals surface area contributed by atoms with E-state index in [0.717, 1.165) is 27.5 Å². The van der Waals surface area contributed by atoms with Crippen molar-refractivity contribution >= 4 is 17.2 Å². The Morgan fingerprint density at radius 2 is 1.75 bits per heavy atom. The van der Waals surface area contributed by atoms with Gasteiger partial charge in [0.05, 0.1) is 37.7 Å². The first kappa shape index (κ1) is 23.3. The van der Waals surface area contributed by atoms with E-state index in [-0.39, 0.29) is 5.91 Å². The monoisotopic (exact) mass is 497 g/mol. The largest absolute Gasteiger partial charge is 0.493 e. The quantitative estimate of drug-likeness (QED) is 0.324. The van der Waals surface area contributed by atoms with Crippen LogP contribution in [0, 0.1) is 0 Å². The van der Waals surface area contributed by atoms with E-state index in [4.69, 9.17) is 14.6 Å². The highest BCUT2D eigenvalue weighted by Gasteiger charge is 2.20. The van der Waals surface area contributed by atoms with Crippen LogP contribution in [0.15, 0.2) is 84.6 Å². The molecule has 0 aliphatic heterocycles. The summed E-state index contributed by atoms with van der Waals surface area (Å²) >= 11 is 1.50. The van der Waals surface area contributed by atoms with Crippen LogP contribution in [0.3, 0.4) is 0 Å². The Kier molecular flexibility index (Phi) is 6.72. The zero-order valence-electron chi connectivity index (χ0n) is 19.7. The number of benzene rings is 2. The number of hydrogen-bond donors (Lipinski definition) is 1. The van der Waals surface area contributed by atoms with Crippen molar-refractivity contribution in [3.8, 4) is 39.7 Å². The summed E-state index contributed by atoms with van der Waals surface area (Å²) in [5.41, 5.74) is 4.40. The van der Waals surface area contributed by atoms with Crippen molar-refractivity contribution in [2.75, 3.05) is 14.2 Å². The van der Waals surface area contributed by atoms with Crippen molar-refractivity contribution in [2.45, 2.75) is 6.54 Å². The van der Waals surface area contributed by atoms with Crippen LogP contribution in [0.4, 0.5) is 0 Å². The Labute approximate surface area is 212 Å². The zero-order valence-corrected chi connectivity index (χ0v) is 20.5. The summed E-state index contributed by atoms with van der Waals surface area (Å²) in [6, 6.07) is 18.9. The number of thiazole rings is 1. The maximum Gasteiger partial charge on any atom is 0.255 e. The molecule has 3 heterocycles. The predicted octanol–water partition coefficient (Wildman–Crippen LogP) is 5.01. The number of pyridine rings is 1. The Balaban J connectivity index is 1.44. The number of ether oxygens (including phenoxy) is 2. The normalized spacial score (nSPS) is 10.7. The van der Waals surface area contributed by atoms with Crippen molar-refractivity contribution in [3.63, 3.8) is 0 Å². The number of para-hydroxylation sites is 1. The average molecular weight is 498 g/mol. The van der Waals surface area contributed by atoms with Crippen LogP contribution < -0.4 is 14.8 Å². The molecule has 180 valence electrons. The van der Waals surface area contributed by atoms with Crippen LogP contribution in [0.2, 0.25) is 0 Å². The first-order chi connectivity index (χ1) is 17.7. The predicted molar refractivity (Wildman–Crippen MR) is 139 cm³/mol. The van der Waals surface area contributed by atoms with Crippen LogP contribution in [0.1, 0.15) is 15.4 Å². The number of nitrogens with one attached hydrogen (secondary N) is 1. The summed E-state index contributed by atoms with van der Waals surface area (Å²) in [6.45, 7) is 0.302. The summed E-state index contributed by atoms with van der Waals surface area (Å²) in [5.74, 6) is 0.910. The number of nitrogens with zero attached hydrogens (tertiary/aromatic N) is 4. The third kappa shape index (κ3) is 4.82. The molecule has 8 nitrogen and oxygen atoms in total. The lowest BCUT2D eigenvalue weighted by Crippen LogP contribution is -2.23. The van der Waals surface area contributed by atoms with E-state index in [2.05, 4.69) is 15.3 Å². The fourth-order valence-corrected chi connectivity index (χ4v) is 4.49. The number of methoxy groups -OCH3 is 2. The minimum absolute atomic E-state index is 0.248. The SMILES string of the molecule is COc1ccc(-c2nn(-c3ccccc3)cc2C(=O)NCc2nc(-c3ccncc3)cs2)cc1OC. The van der Waals surface area contributed by atoms with E-state index in [1.165, 1.54) is 11.3 Å². The smallest absolute Gasteiger partial charge is 0.255 e. The molecule has 0 radical (unpaired) electrons. The second-order valence-electron chi connectivity index (χ2n) is 7.79. The summed E-state index contributed by atoms with van der Waals surface area (Å²) in [4.78, 5) is 22.0. The van der Waals surface area contributed by atoms with Gasteiger partial charge in [-0.15, -0.1) is 11.3 Å². The molecule has 1 amide bonds. The molecule has 0 unspecified atom stereocenters. The lowest BCUT2D eigenvalue weighted by atomic mass is 10.1. The fourth-order valence-electron chi connectivity index (χ4n) is 3.75. The van der Waals surface area contributed by atoms with Crippen molar-refractivity contribution in [1.82, 2.24) is 25.1 Å². The highest BCUT2D eigenvalue weighted by atomic mass is 32.1. The van der Waals surface area contributed by atoms with Crippen molar-refractivity contribution in [1.29, 1.82) is 0 Å². The molecule has 5 aromatic rings. The number of aromatic nitrogens is 4. The molecule has 0 bridgehead atoms. The third-order valence-electron chi connectivity index (χ3n) is 5.56. The molecule has 0 saturated heterocycles. The van der Waals surface area contributed by atoms with Gasteiger partial charge in [0.15, 0.2) is 11.5 Å². The number of carbonyl (C=O) groups excluding carboxylic acids is 1. The van der Waals surface area contributed by atoms with Gasteiger partial charge in [0.2, 0.25) is 0 Å². The van der Waals surface area contributed by atoms with E-state index < -0.39 is 0 Å². The van der Waals surface area contributed by atoms with Crippen LogP contribution in [-0.4, -0.2) is 39.9 Å². The van der Waals surface area contributed by atoms with Crippen LogP contribution in [0.5, 0.6) is 11.5 Å². The van der Waals surface area contributed by atoms with E-state index >= 15 is 0 Å². The van der Waals surface area contributed by atoms with Crippen molar-refractivity contribution < 1.29 is 14.3 Å². The van der Waals surface area contributed by atoms with Gasteiger partial charge in [0, 0.05) is 35.1 Å². The lowest BCUT2D eigenvalue weighted by Gasteiger charge is -2.09. The van der Waals surface area contributed by atoms with Crippen molar-refractivity contribution in [2.24, 2.45) is 0 Å². The molecule has 36 heavy (non-hydrogen) atoms. The first-order valence-corrected chi connectivity index (χ1v) is 12.0. The number of rotatable bonds is 8. The standard InChI is InChI=1S/C27H23N5O3S/c1-34-23-9-8-19(14-24(23)35-2)26-21(16-32(31-26)20-6-4-3-5-7-20)27(33)29-15-25-30-22(17-36-25)18-10-12-28-13-11-18/h3-14,16-17H,15H2,1-2H3,(H,29,33). The number of hydrogen-bond acceptors (Lipinski definition) is 7. The Morgan fingerprint density at radius 3 is 2.50 bits per heavy atom. The summed E-state index contributed by atoms with van der Waals surface area (Å²) in [6.07, 6.45) is 5.20. The van der Waals surface area contributed by atoms with Gasteiger partial charge in [-0.2, -0.15) is 5.10 Å². The molecule has 0 spiro atoms. The molecular weight excluding hydrogens is 474 g/mol. The summed E-state index contributed by atoms with van der Waals surface area (Å²) < 4.78 is 12.5. The maximum atomic E-state index is 13.4. The highest BCUT2D eigenvalue weighted by molar-refractivity contribution is 7.09. The molecular formula is C27H23N5O3S. The molecule has 0 aliphatic carbocycles. The molecule has 0 saturated carbocycles. The lowest BCUT2D eigenvalue weighted by molar-refractivity contribution is 0.0951. The molecule has 0 aliphatic rings. The molecule has 1 N–H and O–H groups in total. The molecule has 3 aromatic heterocycles. The van der Waals surface area contributed by atoms with Gasteiger partial charge in [0.25, 0.3) is 5.91 Å². The first-order valence-electron chi connectivity index (χ1n) is 11.2. The average Bonchev–Trinajstić information content (AvgIpc) is 3.60. The van der Waals surface area contributed by atoms with Gasteiger partial charge >= 0.3 is 0 Å². The fraction of sp³-hybridized carbons (Fsp3) is 0.111. The van der Waals surface area contributed by atoms with Crippen LogP contribution in [0.25, 0.3) is 28.2 Å².